The highest BCUT2D eigenvalue weighted by molar-refractivity contribution is 5.75. The second kappa shape index (κ2) is 19.3. The number of carbonyl (C=O) groups is 1. The molecule has 5 rings (SSSR count). The van der Waals surface area contributed by atoms with E-state index in [1.807, 2.05) is 121 Å². The Bertz CT molecular complexity index is 1490. The van der Waals surface area contributed by atoms with E-state index in [-0.39, 0.29) is 39.5 Å². The first-order valence-electron chi connectivity index (χ1n) is 16.8. The highest BCUT2D eigenvalue weighted by Crippen LogP contribution is 2.33. The van der Waals surface area contributed by atoms with Gasteiger partial charge in [-0.3, -0.25) is 0 Å². The van der Waals surface area contributed by atoms with Crippen LogP contribution in [0.5, 0.6) is 0 Å². The zero-order chi connectivity index (χ0) is 34.3. The number of ether oxygens (including phenoxy) is 6. The number of esters is 1. The molecule has 260 valence electrons. The lowest BCUT2D eigenvalue weighted by Crippen LogP contribution is -2.62. The van der Waals surface area contributed by atoms with Gasteiger partial charge in [0.15, 0.2) is 6.10 Å². The van der Waals surface area contributed by atoms with Crippen molar-refractivity contribution in [2.75, 3.05) is 13.2 Å². The van der Waals surface area contributed by atoms with Crippen molar-refractivity contribution in [3.63, 3.8) is 0 Å². The summed E-state index contributed by atoms with van der Waals surface area (Å²) in [5.41, 5.74) is 3.88. The van der Waals surface area contributed by atoms with Gasteiger partial charge in [-0.05, 0) is 29.2 Å². The zero-order valence-electron chi connectivity index (χ0n) is 27.8. The van der Waals surface area contributed by atoms with E-state index in [4.69, 9.17) is 28.4 Å². The highest BCUT2D eigenvalue weighted by atomic mass is 16.6. The van der Waals surface area contributed by atoms with Gasteiger partial charge < -0.3 is 38.6 Å². The van der Waals surface area contributed by atoms with Crippen LogP contribution in [-0.2, 0) is 59.6 Å². The summed E-state index contributed by atoms with van der Waals surface area (Å²) >= 11 is 0. The van der Waals surface area contributed by atoms with Gasteiger partial charge in [-0.25, -0.2) is 4.79 Å². The Morgan fingerprint density at radius 2 is 1.02 bits per heavy atom. The molecule has 4 aromatic rings. The van der Waals surface area contributed by atoms with Gasteiger partial charge in [-0.15, -0.1) is 0 Å². The Labute approximate surface area is 288 Å². The van der Waals surface area contributed by atoms with Gasteiger partial charge in [0.1, 0.15) is 24.4 Å². The SMILES string of the molecule is CCOC(=O)[C@@H](O)[C@H](O)C[C@H]1O[C@H](COCc2ccccc2)[C@@H](OCc2ccccc2)[C@H](OCc2ccccc2)[C@@H]1OCc1ccccc1. The molecule has 0 aliphatic carbocycles. The van der Waals surface area contributed by atoms with Crippen molar-refractivity contribution < 1.29 is 43.4 Å². The fourth-order valence-corrected chi connectivity index (χ4v) is 5.83. The average molecular weight is 671 g/mol. The zero-order valence-corrected chi connectivity index (χ0v) is 27.8. The maximum absolute atomic E-state index is 12.4. The molecule has 7 atom stereocenters. The molecule has 4 aromatic carbocycles. The summed E-state index contributed by atoms with van der Waals surface area (Å²) in [6.45, 7) is 2.99. The first-order valence-corrected chi connectivity index (χ1v) is 16.8. The third kappa shape index (κ3) is 11.0. The number of carbonyl (C=O) groups excluding carboxylic acids is 1. The van der Waals surface area contributed by atoms with Crippen molar-refractivity contribution >= 4 is 5.97 Å². The van der Waals surface area contributed by atoms with Crippen molar-refractivity contribution in [1.82, 2.24) is 0 Å². The minimum Gasteiger partial charge on any atom is -0.464 e. The lowest BCUT2D eigenvalue weighted by Gasteiger charge is -2.47. The Hall–Kier alpha value is -3.93. The molecule has 0 bridgehead atoms. The van der Waals surface area contributed by atoms with E-state index < -0.39 is 48.7 Å². The maximum atomic E-state index is 12.4. The third-order valence-corrected chi connectivity index (χ3v) is 8.35. The first kappa shape index (κ1) is 36.4. The molecule has 9 nitrogen and oxygen atoms in total. The fourth-order valence-electron chi connectivity index (χ4n) is 5.83. The summed E-state index contributed by atoms with van der Waals surface area (Å²) in [5, 5.41) is 21.8. The van der Waals surface area contributed by atoms with Crippen LogP contribution in [0.3, 0.4) is 0 Å². The van der Waals surface area contributed by atoms with Crippen molar-refractivity contribution in [1.29, 1.82) is 0 Å². The van der Waals surface area contributed by atoms with E-state index in [1.165, 1.54) is 0 Å². The first-order chi connectivity index (χ1) is 24.0. The standard InChI is InChI=1S/C40H46O9/c1-2-45-40(43)36(42)33(41)23-34-37(46-25-30-17-9-4-10-18-30)39(48-27-32-21-13-6-14-22-32)38(47-26-31-19-11-5-12-20-31)35(49-34)28-44-24-29-15-7-3-8-16-29/h3-22,33-39,41-42H,2,23-28H2,1H3/t33-,34-,35-,36+,37-,38-,39-/m1/s1. The van der Waals surface area contributed by atoms with Gasteiger partial charge in [0, 0.05) is 6.42 Å². The molecule has 1 aliphatic heterocycles. The molecule has 0 spiro atoms. The molecule has 9 heteroatoms. The summed E-state index contributed by atoms with van der Waals surface area (Å²) in [6.07, 6.45) is -6.96. The molecule has 0 aromatic heterocycles. The van der Waals surface area contributed by atoms with Crippen LogP contribution in [0.2, 0.25) is 0 Å². The van der Waals surface area contributed by atoms with Crippen LogP contribution in [0.1, 0.15) is 35.6 Å². The molecule has 1 saturated heterocycles. The second-order valence-electron chi connectivity index (χ2n) is 12.0. The summed E-state index contributed by atoms with van der Waals surface area (Å²) in [4.78, 5) is 12.4. The van der Waals surface area contributed by atoms with E-state index in [2.05, 4.69) is 0 Å². The summed E-state index contributed by atoms with van der Waals surface area (Å²) < 4.78 is 37.8. The van der Waals surface area contributed by atoms with Gasteiger partial charge in [-0.1, -0.05) is 121 Å². The molecule has 0 unspecified atom stereocenters. The van der Waals surface area contributed by atoms with Gasteiger partial charge in [0.25, 0.3) is 0 Å². The van der Waals surface area contributed by atoms with E-state index in [9.17, 15) is 15.0 Å². The predicted octanol–water partition coefficient (Wildman–Crippen LogP) is 5.40. The normalized spacial score (nSPS) is 21.9. The molecule has 2 N–H and O–H groups in total. The summed E-state index contributed by atoms with van der Waals surface area (Å²) in [5.74, 6) is -0.906. The summed E-state index contributed by atoms with van der Waals surface area (Å²) in [6, 6.07) is 39.2. The number of aliphatic hydroxyl groups is 2. The van der Waals surface area contributed by atoms with E-state index in [0.29, 0.717) is 6.61 Å². The minimum atomic E-state index is -1.76. The molecule has 1 fully saturated rings. The van der Waals surface area contributed by atoms with Crippen LogP contribution in [0.4, 0.5) is 0 Å². The largest absolute Gasteiger partial charge is 0.464 e. The minimum absolute atomic E-state index is 0.0714. The number of hydrogen-bond donors (Lipinski definition) is 2. The molecule has 49 heavy (non-hydrogen) atoms. The number of hydrogen-bond acceptors (Lipinski definition) is 9. The second-order valence-corrected chi connectivity index (χ2v) is 12.0. The smallest absolute Gasteiger partial charge is 0.337 e. The van der Waals surface area contributed by atoms with Crippen molar-refractivity contribution in [3.8, 4) is 0 Å². The van der Waals surface area contributed by atoms with Gasteiger partial charge in [0.05, 0.1) is 51.8 Å². The predicted molar refractivity (Wildman–Crippen MR) is 183 cm³/mol. The Balaban J connectivity index is 1.46. The Morgan fingerprint density at radius 1 is 0.612 bits per heavy atom. The van der Waals surface area contributed by atoms with Gasteiger partial charge >= 0.3 is 5.97 Å². The molecular weight excluding hydrogens is 624 g/mol. The Morgan fingerprint density at radius 3 is 1.47 bits per heavy atom. The van der Waals surface area contributed by atoms with Crippen LogP contribution < -0.4 is 0 Å². The lowest BCUT2D eigenvalue weighted by atomic mass is 9.90. The van der Waals surface area contributed by atoms with Crippen molar-refractivity contribution in [2.45, 2.75) is 82.5 Å². The molecule has 1 aliphatic rings. The van der Waals surface area contributed by atoms with Crippen LogP contribution in [0, 0.1) is 0 Å². The van der Waals surface area contributed by atoms with Crippen LogP contribution in [0.25, 0.3) is 0 Å². The Kier molecular flexibility index (Phi) is 14.3. The summed E-state index contributed by atoms with van der Waals surface area (Å²) in [7, 11) is 0. The average Bonchev–Trinajstić information content (AvgIpc) is 3.14. The molecule has 0 radical (unpaired) electrons. The van der Waals surface area contributed by atoms with E-state index in [1.54, 1.807) is 6.92 Å². The van der Waals surface area contributed by atoms with Crippen LogP contribution >= 0.6 is 0 Å². The third-order valence-electron chi connectivity index (χ3n) is 8.35. The van der Waals surface area contributed by atoms with Gasteiger partial charge in [0.2, 0.25) is 0 Å². The lowest BCUT2D eigenvalue weighted by molar-refractivity contribution is -0.277. The van der Waals surface area contributed by atoms with Crippen molar-refractivity contribution in [2.24, 2.45) is 0 Å². The fraction of sp³-hybridized carbons (Fsp3) is 0.375. The molecule has 1 heterocycles. The molecule has 0 saturated carbocycles. The maximum Gasteiger partial charge on any atom is 0.337 e. The van der Waals surface area contributed by atoms with Crippen LogP contribution in [-0.4, -0.2) is 72.1 Å². The number of benzene rings is 4. The monoisotopic (exact) mass is 670 g/mol. The highest BCUT2D eigenvalue weighted by Gasteiger charge is 2.49. The van der Waals surface area contributed by atoms with Crippen LogP contribution in [0.15, 0.2) is 121 Å². The molecule has 0 amide bonds. The van der Waals surface area contributed by atoms with E-state index >= 15 is 0 Å². The van der Waals surface area contributed by atoms with Crippen molar-refractivity contribution in [3.05, 3.63) is 144 Å². The number of aliphatic hydroxyl groups excluding tert-OH is 2. The topological polar surface area (TPSA) is 113 Å². The quantitative estimate of drug-likeness (QED) is 0.134. The van der Waals surface area contributed by atoms with E-state index in [0.717, 1.165) is 22.3 Å². The molecular formula is C40H46O9. The number of rotatable bonds is 18. The van der Waals surface area contributed by atoms with Gasteiger partial charge in [-0.2, -0.15) is 0 Å².